The van der Waals surface area contributed by atoms with E-state index in [-0.39, 0.29) is 28.3 Å². The molecule has 0 fully saturated rings. The summed E-state index contributed by atoms with van der Waals surface area (Å²) in [5, 5.41) is 21.1. The van der Waals surface area contributed by atoms with Gasteiger partial charge in [0.1, 0.15) is 0 Å². The van der Waals surface area contributed by atoms with Crippen molar-refractivity contribution in [3.05, 3.63) is 16.0 Å². The van der Waals surface area contributed by atoms with Crippen LogP contribution in [0, 0.1) is 0 Å². The van der Waals surface area contributed by atoms with Crippen molar-refractivity contribution in [3.63, 3.8) is 0 Å². The summed E-state index contributed by atoms with van der Waals surface area (Å²) >= 11 is 0. The van der Waals surface area contributed by atoms with Gasteiger partial charge in [-0.15, -0.1) is 39.3 Å². The summed E-state index contributed by atoms with van der Waals surface area (Å²) in [4.78, 5) is 0. The van der Waals surface area contributed by atoms with E-state index in [1.165, 1.54) is 154 Å². The number of nitrogens with zero attached hydrogens (tertiary/aromatic N) is 3. The predicted molar refractivity (Wildman–Crippen MR) is 197 cm³/mol. The van der Waals surface area contributed by atoms with Gasteiger partial charge in [0.15, 0.2) is 0 Å². The Morgan fingerprint density at radius 3 is 0.535 bits per heavy atom. The minimum absolute atomic E-state index is 0. The van der Waals surface area contributed by atoms with Crippen LogP contribution in [0.15, 0.2) is 0 Å². The van der Waals surface area contributed by atoms with Gasteiger partial charge < -0.3 is 21.1 Å². The van der Waals surface area contributed by atoms with Gasteiger partial charge in [0.25, 0.3) is 0 Å². The summed E-state index contributed by atoms with van der Waals surface area (Å²) in [5.41, 5.74) is 0. The van der Waals surface area contributed by atoms with Crippen molar-refractivity contribution in [2.45, 2.75) is 203 Å². The third kappa shape index (κ3) is 75.0. The van der Waals surface area contributed by atoms with E-state index in [9.17, 15) is 0 Å². The van der Waals surface area contributed by atoms with E-state index in [0.29, 0.717) is 0 Å². The Hall–Kier alpha value is 0.554. The molecule has 43 heavy (non-hydrogen) atoms. The van der Waals surface area contributed by atoms with Gasteiger partial charge in [-0.2, -0.15) is 0 Å². The van der Waals surface area contributed by atoms with Crippen molar-refractivity contribution in [2.24, 2.45) is 0 Å². The standard InChI is InChI=1S/3C12H26N.C2H6O.Ti/c3*1-3-5-7-9-11-13-12-10-8-6-4-2;1-2-3;/h3*3-12H2,1-2H3;3H,2H2,1H3;/q3*-1;;+3. The van der Waals surface area contributed by atoms with E-state index in [4.69, 9.17) is 5.11 Å². The molecule has 261 valence electrons. The van der Waals surface area contributed by atoms with Crippen LogP contribution in [0.3, 0.4) is 0 Å². The Balaban J connectivity index is -0.000000158. The van der Waals surface area contributed by atoms with Crippen LogP contribution in [-0.4, -0.2) is 51.0 Å². The van der Waals surface area contributed by atoms with Crippen molar-refractivity contribution in [1.82, 2.24) is 0 Å². The third-order valence-corrected chi connectivity index (χ3v) is 7.02. The molecule has 0 aromatic heterocycles. The van der Waals surface area contributed by atoms with Gasteiger partial charge in [0.2, 0.25) is 0 Å². The maximum Gasteiger partial charge on any atom is 3.00 e. The van der Waals surface area contributed by atoms with Crippen LogP contribution in [0.2, 0.25) is 0 Å². The second-order valence-electron chi connectivity index (χ2n) is 11.7. The fourth-order valence-electron chi connectivity index (χ4n) is 4.24. The van der Waals surface area contributed by atoms with Crippen LogP contribution < -0.4 is 0 Å². The van der Waals surface area contributed by atoms with Crippen LogP contribution in [0.25, 0.3) is 16.0 Å². The molecule has 5 heteroatoms. The summed E-state index contributed by atoms with van der Waals surface area (Å²) in [6.45, 7) is 22.1. The summed E-state index contributed by atoms with van der Waals surface area (Å²) in [7, 11) is 0. The van der Waals surface area contributed by atoms with Gasteiger partial charge in [-0.25, -0.2) is 0 Å². The molecule has 1 N–H and O–H groups in total. The molecule has 0 aromatic carbocycles. The summed E-state index contributed by atoms with van der Waals surface area (Å²) < 4.78 is 0. The SMILES string of the molecule is CCCCCC[N-]CCCCCC.CCCCCC[N-]CCCCCC.CCCCCC[N-]CCCCCC.CCO.[Ti+3]. The van der Waals surface area contributed by atoms with Crippen LogP contribution in [0.4, 0.5) is 0 Å². The van der Waals surface area contributed by atoms with E-state index >= 15 is 0 Å². The summed E-state index contributed by atoms with van der Waals surface area (Å²) in [5.74, 6) is 0. The molecular weight excluding hydrogens is 562 g/mol. The molecule has 0 aromatic rings. The molecule has 0 spiro atoms. The molecule has 0 saturated heterocycles. The van der Waals surface area contributed by atoms with Gasteiger partial charge in [-0.1, -0.05) is 196 Å². The number of aliphatic hydroxyl groups is 1. The molecule has 0 aliphatic heterocycles. The van der Waals surface area contributed by atoms with Gasteiger partial charge in [0.05, 0.1) is 0 Å². The molecule has 0 atom stereocenters. The van der Waals surface area contributed by atoms with Crippen LogP contribution in [0.5, 0.6) is 0 Å². The molecule has 0 rings (SSSR count). The fourth-order valence-corrected chi connectivity index (χ4v) is 4.24. The molecule has 0 aliphatic carbocycles. The van der Waals surface area contributed by atoms with Crippen molar-refractivity contribution in [3.8, 4) is 0 Å². The zero-order valence-electron chi connectivity index (χ0n) is 31.2. The van der Waals surface area contributed by atoms with Gasteiger partial charge in [-0.05, 0) is 6.92 Å². The molecule has 0 saturated carbocycles. The van der Waals surface area contributed by atoms with Crippen molar-refractivity contribution in [2.75, 3.05) is 45.9 Å². The monoisotopic (exact) mass is 647 g/mol. The minimum Gasteiger partial charge on any atom is -0.662 e. The number of aliphatic hydroxyl groups excluding tert-OH is 1. The summed E-state index contributed by atoms with van der Waals surface area (Å²) in [6.07, 6.45) is 32.3. The predicted octanol–water partition coefficient (Wildman–Crippen LogP) is 13.6. The van der Waals surface area contributed by atoms with Crippen LogP contribution in [0.1, 0.15) is 203 Å². The minimum atomic E-state index is 0. The van der Waals surface area contributed by atoms with E-state index in [0.717, 1.165) is 39.3 Å². The molecule has 0 heterocycles. The first-order chi connectivity index (χ1) is 20.7. The van der Waals surface area contributed by atoms with Gasteiger partial charge >= 0.3 is 21.7 Å². The zero-order chi connectivity index (χ0) is 32.0. The smallest absolute Gasteiger partial charge is 0.662 e. The molecular formula is C38H84N3OTi. The van der Waals surface area contributed by atoms with E-state index in [2.05, 4.69) is 57.5 Å². The molecule has 0 bridgehead atoms. The summed E-state index contributed by atoms with van der Waals surface area (Å²) in [6, 6.07) is 0. The quantitative estimate of drug-likeness (QED) is 0.0612. The average molecular weight is 647 g/mol. The van der Waals surface area contributed by atoms with E-state index in [1.807, 2.05) is 0 Å². The third-order valence-electron chi connectivity index (χ3n) is 7.02. The molecule has 1 radical (unpaired) electrons. The van der Waals surface area contributed by atoms with Crippen molar-refractivity contribution >= 4 is 0 Å². The topological polar surface area (TPSA) is 62.5 Å². The van der Waals surface area contributed by atoms with Gasteiger partial charge in [-0.3, -0.25) is 0 Å². The molecule has 4 nitrogen and oxygen atoms in total. The number of unbranched alkanes of at least 4 members (excludes halogenated alkanes) is 18. The van der Waals surface area contributed by atoms with Gasteiger partial charge in [0, 0.05) is 6.61 Å². The Morgan fingerprint density at radius 2 is 0.419 bits per heavy atom. The number of hydrogen-bond donors (Lipinski definition) is 1. The molecule has 0 amide bonds. The Bertz CT molecular complexity index is 293. The Labute approximate surface area is 290 Å². The first kappa shape index (κ1) is 53.1. The number of rotatable bonds is 30. The van der Waals surface area contributed by atoms with Crippen LogP contribution >= 0.6 is 0 Å². The zero-order valence-corrected chi connectivity index (χ0v) is 32.8. The Morgan fingerprint density at radius 1 is 0.279 bits per heavy atom. The van der Waals surface area contributed by atoms with E-state index in [1.54, 1.807) is 6.92 Å². The van der Waals surface area contributed by atoms with Crippen molar-refractivity contribution in [1.29, 1.82) is 0 Å². The normalized spacial score (nSPS) is 10.0. The second kappa shape index (κ2) is 61.5. The number of hydrogen-bond acceptors (Lipinski definition) is 1. The first-order valence-electron chi connectivity index (χ1n) is 19.2. The molecule has 0 unspecified atom stereocenters. The maximum atomic E-state index is 7.57. The van der Waals surface area contributed by atoms with E-state index < -0.39 is 0 Å². The van der Waals surface area contributed by atoms with Crippen LogP contribution in [-0.2, 0) is 21.7 Å². The maximum absolute atomic E-state index is 7.57. The molecule has 0 aliphatic rings. The second-order valence-corrected chi connectivity index (χ2v) is 11.7. The van der Waals surface area contributed by atoms with Crippen molar-refractivity contribution < 1.29 is 26.8 Å². The average Bonchev–Trinajstić information content (AvgIpc) is 3.00. The first-order valence-corrected chi connectivity index (χ1v) is 19.2. The Kier molecular flexibility index (Phi) is 75.9. The fraction of sp³-hybridized carbons (Fsp3) is 1.00. The largest absolute Gasteiger partial charge is 3.00 e.